The van der Waals surface area contributed by atoms with Crippen LogP contribution in [0, 0.1) is 0 Å². The molecule has 0 saturated carbocycles. The van der Waals surface area contributed by atoms with Gasteiger partial charge in [-0.05, 0) is 104 Å². The lowest BCUT2D eigenvalue weighted by Gasteiger charge is -2.29. The van der Waals surface area contributed by atoms with Crippen molar-refractivity contribution in [1.82, 2.24) is 0 Å². The highest BCUT2D eigenvalue weighted by atomic mass is 32.1. The summed E-state index contributed by atoms with van der Waals surface area (Å²) in [4.78, 5) is 2.46. The normalized spacial score (nSPS) is 12.7. The summed E-state index contributed by atoms with van der Waals surface area (Å²) in [5.74, 6) is 0. The number of fused-ring (bicyclic) bond motifs is 6. The van der Waals surface area contributed by atoms with Gasteiger partial charge in [0.2, 0.25) is 0 Å². The average molecular weight is 772 g/mol. The highest BCUT2D eigenvalue weighted by molar-refractivity contribution is 7.25. The Labute approximate surface area is 350 Å². The van der Waals surface area contributed by atoms with Gasteiger partial charge in [0.25, 0.3) is 0 Å². The first kappa shape index (κ1) is 35.2. The molecule has 1 heterocycles. The number of rotatable bonds is 7. The molecular weight excluding hydrogens is 731 g/mol. The van der Waals surface area contributed by atoms with Crippen LogP contribution in [-0.4, -0.2) is 0 Å². The molecule has 1 aromatic heterocycles. The van der Waals surface area contributed by atoms with Crippen molar-refractivity contribution in [3.8, 4) is 55.6 Å². The van der Waals surface area contributed by atoms with Gasteiger partial charge in [-0.1, -0.05) is 184 Å². The molecule has 0 amide bonds. The van der Waals surface area contributed by atoms with Crippen molar-refractivity contribution >= 4 is 48.6 Å². The summed E-state index contributed by atoms with van der Waals surface area (Å²) in [7, 11) is 0. The minimum Gasteiger partial charge on any atom is -0.310 e. The molecule has 1 nitrogen and oxygen atoms in total. The Morgan fingerprint density at radius 2 is 0.881 bits per heavy atom. The van der Waals surface area contributed by atoms with Crippen molar-refractivity contribution in [2.45, 2.75) is 19.3 Å². The van der Waals surface area contributed by atoms with E-state index in [1.807, 2.05) is 11.3 Å². The van der Waals surface area contributed by atoms with E-state index in [0.717, 1.165) is 17.1 Å². The van der Waals surface area contributed by atoms with Crippen molar-refractivity contribution in [1.29, 1.82) is 0 Å². The topological polar surface area (TPSA) is 3.24 Å². The molecule has 1 aliphatic carbocycles. The summed E-state index contributed by atoms with van der Waals surface area (Å²) in [5, 5.41) is 2.65. The Balaban J connectivity index is 1.08. The molecule has 0 atom stereocenters. The van der Waals surface area contributed by atoms with Crippen LogP contribution in [0.3, 0.4) is 0 Å². The summed E-state index contributed by atoms with van der Waals surface area (Å²) >= 11 is 1.87. The van der Waals surface area contributed by atoms with Gasteiger partial charge >= 0.3 is 0 Å². The Morgan fingerprint density at radius 3 is 1.66 bits per heavy atom. The second-order valence-electron chi connectivity index (χ2n) is 16.1. The molecule has 11 rings (SSSR count). The Bertz CT molecular complexity index is 3190. The number of hydrogen-bond acceptors (Lipinski definition) is 2. The number of benzene rings is 9. The van der Waals surface area contributed by atoms with E-state index in [0.29, 0.717) is 0 Å². The van der Waals surface area contributed by atoms with Crippen LogP contribution < -0.4 is 4.90 Å². The van der Waals surface area contributed by atoms with Crippen molar-refractivity contribution in [3.05, 3.63) is 223 Å². The molecular formula is C57H41NS. The molecule has 0 saturated heterocycles. The number of nitrogens with zero attached hydrogens (tertiary/aromatic N) is 1. The highest BCUT2D eigenvalue weighted by Gasteiger charge is 2.35. The van der Waals surface area contributed by atoms with E-state index >= 15 is 0 Å². The van der Waals surface area contributed by atoms with E-state index in [4.69, 9.17) is 0 Å². The van der Waals surface area contributed by atoms with Crippen LogP contribution in [0.4, 0.5) is 17.1 Å². The summed E-state index contributed by atoms with van der Waals surface area (Å²) < 4.78 is 2.65. The summed E-state index contributed by atoms with van der Waals surface area (Å²) in [6, 6.07) is 78.1. The maximum Gasteiger partial charge on any atom is 0.0540 e. The number of thiophene rings is 1. The lowest BCUT2D eigenvalue weighted by molar-refractivity contribution is 0.660. The van der Waals surface area contributed by atoms with Gasteiger partial charge in [0.15, 0.2) is 0 Å². The van der Waals surface area contributed by atoms with Gasteiger partial charge in [0, 0.05) is 42.5 Å². The number of anilines is 3. The fourth-order valence-corrected chi connectivity index (χ4v) is 10.6. The SMILES string of the molecule is CC1(C)c2ccccc2-c2cc(N(c3ccc(-c4ccc5c(c4)sc4ccccc45)cc3)c3ccccc3-c3ccccc3-c3ccccc3-c3ccccc3)ccc21. The molecule has 0 N–H and O–H groups in total. The minimum absolute atomic E-state index is 0.0740. The van der Waals surface area contributed by atoms with E-state index in [9.17, 15) is 0 Å². The molecule has 2 heteroatoms. The first-order valence-corrected chi connectivity index (χ1v) is 21.2. The molecule has 1 aliphatic rings. The fourth-order valence-electron chi connectivity index (χ4n) is 9.42. The zero-order valence-electron chi connectivity index (χ0n) is 33.1. The van der Waals surface area contributed by atoms with Gasteiger partial charge in [-0.2, -0.15) is 0 Å². The van der Waals surface area contributed by atoms with E-state index in [-0.39, 0.29) is 5.41 Å². The summed E-state index contributed by atoms with van der Waals surface area (Å²) in [6.07, 6.45) is 0. The molecule has 9 aromatic carbocycles. The maximum absolute atomic E-state index is 2.46. The predicted octanol–water partition coefficient (Wildman–Crippen LogP) is 16.5. The molecule has 280 valence electrons. The zero-order chi connectivity index (χ0) is 39.5. The van der Waals surface area contributed by atoms with Crippen molar-refractivity contribution < 1.29 is 0 Å². The second-order valence-corrected chi connectivity index (χ2v) is 17.2. The zero-order valence-corrected chi connectivity index (χ0v) is 33.9. The van der Waals surface area contributed by atoms with Crippen molar-refractivity contribution in [2.24, 2.45) is 0 Å². The Hall–Kier alpha value is -7.00. The van der Waals surface area contributed by atoms with E-state index in [1.54, 1.807) is 0 Å². The van der Waals surface area contributed by atoms with Gasteiger partial charge in [-0.25, -0.2) is 0 Å². The molecule has 0 spiro atoms. The third-order valence-corrected chi connectivity index (χ3v) is 13.5. The van der Waals surface area contributed by atoms with Gasteiger partial charge in [-0.15, -0.1) is 11.3 Å². The first-order valence-electron chi connectivity index (χ1n) is 20.4. The van der Waals surface area contributed by atoms with Gasteiger partial charge in [0.05, 0.1) is 5.69 Å². The van der Waals surface area contributed by atoms with Crippen molar-refractivity contribution in [3.63, 3.8) is 0 Å². The van der Waals surface area contributed by atoms with Crippen LogP contribution >= 0.6 is 11.3 Å². The molecule has 0 aliphatic heterocycles. The predicted molar refractivity (Wildman–Crippen MR) is 253 cm³/mol. The average Bonchev–Trinajstić information content (AvgIpc) is 3.78. The molecule has 0 radical (unpaired) electrons. The van der Waals surface area contributed by atoms with Gasteiger partial charge in [-0.3, -0.25) is 0 Å². The quantitative estimate of drug-likeness (QED) is 0.156. The van der Waals surface area contributed by atoms with Crippen molar-refractivity contribution in [2.75, 3.05) is 4.90 Å². The second kappa shape index (κ2) is 14.1. The lowest BCUT2D eigenvalue weighted by Crippen LogP contribution is -2.15. The number of para-hydroxylation sites is 1. The van der Waals surface area contributed by atoms with E-state index in [1.165, 1.54) is 86.9 Å². The van der Waals surface area contributed by atoms with Crippen LogP contribution in [0.2, 0.25) is 0 Å². The molecule has 0 fully saturated rings. The smallest absolute Gasteiger partial charge is 0.0540 e. The van der Waals surface area contributed by atoms with Crippen LogP contribution in [-0.2, 0) is 5.41 Å². The maximum atomic E-state index is 2.46. The van der Waals surface area contributed by atoms with E-state index < -0.39 is 0 Å². The van der Waals surface area contributed by atoms with Gasteiger partial charge < -0.3 is 4.90 Å². The summed E-state index contributed by atoms with van der Waals surface area (Å²) in [6.45, 7) is 4.70. The monoisotopic (exact) mass is 771 g/mol. The Kier molecular flexibility index (Phi) is 8.43. The largest absolute Gasteiger partial charge is 0.310 e. The summed E-state index contributed by atoms with van der Waals surface area (Å²) in [5.41, 5.74) is 18.3. The third-order valence-electron chi connectivity index (χ3n) is 12.3. The third kappa shape index (κ3) is 5.91. The lowest BCUT2D eigenvalue weighted by atomic mass is 9.82. The first-order chi connectivity index (χ1) is 29.0. The molecule has 10 aromatic rings. The van der Waals surface area contributed by atoms with Crippen LogP contribution in [0.25, 0.3) is 75.8 Å². The fraction of sp³-hybridized carbons (Fsp3) is 0.0526. The van der Waals surface area contributed by atoms with Crippen LogP contribution in [0.1, 0.15) is 25.0 Å². The molecule has 59 heavy (non-hydrogen) atoms. The highest BCUT2D eigenvalue weighted by Crippen LogP contribution is 2.52. The molecule has 0 bridgehead atoms. The number of hydrogen-bond donors (Lipinski definition) is 0. The molecule has 0 unspecified atom stereocenters. The Morgan fingerprint density at radius 1 is 0.339 bits per heavy atom. The van der Waals surface area contributed by atoms with Crippen LogP contribution in [0.15, 0.2) is 212 Å². The standard InChI is InChI=1S/C57H41NS/c1-57(2)52-25-13-10-22-47(52)51-37-42(33-35-53(51)57)58(41-31-28-38(29-32-41)40-30-34-50-49-24-12-15-27-55(49)59-56(50)36-40)54-26-14-11-23-48(54)46-21-9-8-20-45(46)44-19-7-6-18-43(44)39-16-4-3-5-17-39/h3-37H,1-2H3. The van der Waals surface area contributed by atoms with E-state index in [2.05, 4.69) is 231 Å². The van der Waals surface area contributed by atoms with Gasteiger partial charge in [0.1, 0.15) is 0 Å². The van der Waals surface area contributed by atoms with Crippen LogP contribution in [0.5, 0.6) is 0 Å². The minimum atomic E-state index is -0.0740.